The lowest BCUT2D eigenvalue weighted by atomic mass is 9.70. The van der Waals surface area contributed by atoms with Gasteiger partial charge in [-0.2, -0.15) is 0 Å². The van der Waals surface area contributed by atoms with Gasteiger partial charge in [-0.05, 0) is 50.3 Å². The van der Waals surface area contributed by atoms with E-state index in [9.17, 15) is 19.5 Å². The van der Waals surface area contributed by atoms with Gasteiger partial charge in [0, 0.05) is 5.69 Å². The van der Waals surface area contributed by atoms with E-state index in [4.69, 9.17) is 9.47 Å². The van der Waals surface area contributed by atoms with E-state index in [-0.39, 0.29) is 25.0 Å². The summed E-state index contributed by atoms with van der Waals surface area (Å²) in [6.45, 7) is 5.37. The van der Waals surface area contributed by atoms with Crippen molar-refractivity contribution in [3.05, 3.63) is 65.2 Å². The first-order valence-corrected chi connectivity index (χ1v) is 12.5. The number of carbonyl (C=O) groups excluding carboxylic acids is 3. The van der Waals surface area contributed by atoms with E-state index in [1.54, 1.807) is 6.92 Å². The number of fused-ring (bicyclic) bond motifs is 1. The number of aliphatic hydroxyl groups excluding tert-OH is 1. The highest BCUT2D eigenvalue weighted by atomic mass is 16.6. The lowest BCUT2D eigenvalue weighted by Gasteiger charge is -2.37. The van der Waals surface area contributed by atoms with Gasteiger partial charge in [0.15, 0.2) is 0 Å². The molecular formula is C28H32N2O6. The molecule has 190 valence electrons. The smallest absolute Gasteiger partial charge is 0.312 e. The molecule has 3 fully saturated rings. The van der Waals surface area contributed by atoms with Crippen molar-refractivity contribution in [2.24, 2.45) is 11.8 Å². The van der Waals surface area contributed by atoms with Crippen LogP contribution in [0.4, 0.5) is 5.69 Å². The summed E-state index contributed by atoms with van der Waals surface area (Å²) in [7, 11) is 0. The molecule has 3 aliphatic heterocycles. The van der Waals surface area contributed by atoms with Crippen molar-refractivity contribution in [3.8, 4) is 0 Å². The minimum Gasteiger partial charge on any atom is -0.466 e. The standard InChI is InChI=1S/C28H32N2O6/c1-4-35-27(34)21-20-13-14-28(36-20)22(21)26(33)30(19(15-31)18-11-6-5-7-12-18)24(28)25(32)29-23-16(2)9-8-10-17(23)3/h5-12,19-22,24,31H,4,13-15H2,1-3H3,(H,29,32)/t19-,20-,21+,22+,24?,28?/m1/s1. The van der Waals surface area contributed by atoms with Crippen LogP contribution in [0.15, 0.2) is 48.5 Å². The number of aryl methyl sites for hydroxylation is 2. The van der Waals surface area contributed by atoms with Crippen LogP contribution in [-0.4, -0.2) is 58.8 Å². The molecule has 2 N–H and O–H groups in total. The number of rotatable bonds is 7. The molecule has 2 bridgehead atoms. The molecule has 3 aliphatic rings. The normalized spacial score (nSPS) is 29.2. The summed E-state index contributed by atoms with van der Waals surface area (Å²) in [5.41, 5.74) is 2.02. The Hall–Kier alpha value is -3.23. The van der Waals surface area contributed by atoms with E-state index in [1.807, 2.05) is 62.4 Å². The Morgan fingerprint density at radius 2 is 1.86 bits per heavy atom. The SMILES string of the molecule is CCOC(=O)[C@@H]1[C@H]2C(=O)N([C@H](CO)c3ccccc3)C(C(=O)Nc3c(C)cccc3C)C23CC[C@H]1O3. The van der Waals surface area contributed by atoms with Crippen LogP contribution in [0, 0.1) is 25.7 Å². The van der Waals surface area contributed by atoms with E-state index in [1.165, 1.54) is 4.90 Å². The maximum absolute atomic E-state index is 14.1. The number of nitrogens with zero attached hydrogens (tertiary/aromatic N) is 1. The van der Waals surface area contributed by atoms with E-state index < -0.39 is 41.6 Å². The van der Waals surface area contributed by atoms with Crippen LogP contribution in [0.5, 0.6) is 0 Å². The van der Waals surface area contributed by atoms with Gasteiger partial charge in [0.05, 0.1) is 37.2 Å². The summed E-state index contributed by atoms with van der Waals surface area (Å²) in [5.74, 6) is -2.84. The fourth-order valence-electron chi connectivity index (χ4n) is 6.47. The second kappa shape index (κ2) is 9.33. The van der Waals surface area contributed by atoms with Gasteiger partial charge in [-0.15, -0.1) is 0 Å². The fourth-order valence-corrected chi connectivity index (χ4v) is 6.47. The number of nitrogens with one attached hydrogen (secondary N) is 1. The molecule has 2 aromatic rings. The van der Waals surface area contributed by atoms with E-state index in [2.05, 4.69) is 5.32 Å². The van der Waals surface area contributed by atoms with Crippen molar-refractivity contribution in [1.29, 1.82) is 0 Å². The first-order chi connectivity index (χ1) is 17.3. The van der Waals surface area contributed by atoms with Gasteiger partial charge in [0.1, 0.15) is 11.6 Å². The average molecular weight is 493 g/mol. The molecule has 0 aromatic heterocycles. The summed E-state index contributed by atoms with van der Waals surface area (Å²) >= 11 is 0. The van der Waals surface area contributed by atoms with Crippen LogP contribution < -0.4 is 5.32 Å². The molecule has 3 saturated heterocycles. The van der Waals surface area contributed by atoms with Gasteiger partial charge < -0.3 is 24.8 Å². The fraction of sp³-hybridized carbons (Fsp3) is 0.464. The number of esters is 1. The van der Waals surface area contributed by atoms with Crippen LogP contribution in [0.3, 0.4) is 0 Å². The summed E-state index contributed by atoms with van der Waals surface area (Å²) in [5, 5.41) is 13.5. The number of aliphatic hydroxyl groups is 1. The zero-order valence-corrected chi connectivity index (χ0v) is 20.8. The van der Waals surface area contributed by atoms with Gasteiger partial charge in [-0.25, -0.2) is 0 Å². The number of ether oxygens (including phenoxy) is 2. The van der Waals surface area contributed by atoms with Crippen LogP contribution in [-0.2, 0) is 23.9 Å². The lowest BCUT2D eigenvalue weighted by molar-refractivity contribution is -0.155. The maximum atomic E-state index is 14.1. The second-order valence-corrected chi connectivity index (χ2v) is 9.92. The number of amides is 2. The third kappa shape index (κ3) is 3.62. The lowest BCUT2D eigenvalue weighted by Crippen LogP contribution is -2.54. The molecule has 36 heavy (non-hydrogen) atoms. The molecule has 6 atom stereocenters. The van der Waals surface area contributed by atoms with Crippen molar-refractivity contribution >= 4 is 23.5 Å². The Labute approximate surface area is 210 Å². The quantitative estimate of drug-likeness (QED) is 0.576. The van der Waals surface area contributed by atoms with E-state index >= 15 is 0 Å². The zero-order valence-electron chi connectivity index (χ0n) is 20.8. The average Bonchev–Trinajstić information content (AvgIpc) is 3.51. The van der Waals surface area contributed by atoms with Crippen LogP contribution in [0.1, 0.15) is 42.5 Å². The Morgan fingerprint density at radius 1 is 1.17 bits per heavy atom. The Balaban J connectivity index is 1.60. The summed E-state index contributed by atoms with van der Waals surface area (Å²) in [6.07, 6.45) is 0.557. The number of hydrogen-bond donors (Lipinski definition) is 2. The Bertz CT molecular complexity index is 1160. The molecule has 2 amide bonds. The highest BCUT2D eigenvalue weighted by Crippen LogP contribution is 2.60. The van der Waals surface area contributed by atoms with Crippen LogP contribution in [0.2, 0.25) is 0 Å². The molecule has 3 heterocycles. The maximum Gasteiger partial charge on any atom is 0.312 e. The van der Waals surface area contributed by atoms with Gasteiger partial charge in [0.25, 0.3) is 0 Å². The third-order valence-corrected chi connectivity index (χ3v) is 7.97. The van der Waals surface area contributed by atoms with Crippen molar-refractivity contribution in [1.82, 2.24) is 4.90 Å². The molecule has 0 radical (unpaired) electrons. The van der Waals surface area contributed by atoms with Crippen LogP contribution >= 0.6 is 0 Å². The molecule has 1 spiro atoms. The molecule has 2 unspecified atom stereocenters. The topological polar surface area (TPSA) is 105 Å². The molecule has 2 aromatic carbocycles. The minimum atomic E-state index is -1.16. The monoisotopic (exact) mass is 492 g/mol. The molecule has 5 rings (SSSR count). The predicted molar refractivity (Wildman–Crippen MR) is 132 cm³/mol. The number of carbonyl (C=O) groups is 3. The van der Waals surface area contributed by atoms with E-state index in [0.29, 0.717) is 24.1 Å². The second-order valence-electron chi connectivity index (χ2n) is 9.92. The number of hydrogen-bond acceptors (Lipinski definition) is 6. The first-order valence-electron chi connectivity index (χ1n) is 12.5. The van der Waals surface area contributed by atoms with Crippen molar-refractivity contribution in [3.63, 3.8) is 0 Å². The number of anilines is 1. The molecule has 0 saturated carbocycles. The van der Waals surface area contributed by atoms with Gasteiger partial charge in [-0.3, -0.25) is 14.4 Å². The van der Waals surface area contributed by atoms with Crippen molar-refractivity contribution < 1.29 is 29.0 Å². The van der Waals surface area contributed by atoms with Crippen molar-refractivity contribution in [2.45, 2.75) is 57.4 Å². The molecule has 8 heteroatoms. The minimum absolute atomic E-state index is 0.194. The Morgan fingerprint density at radius 3 is 2.50 bits per heavy atom. The third-order valence-electron chi connectivity index (χ3n) is 7.97. The first kappa shape index (κ1) is 24.5. The van der Waals surface area contributed by atoms with Crippen molar-refractivity contribution in [2.75, 3.05) is 18.5 Å². The van der Waals surface area contributed by atoms with Gasteiger partial charge >= 0.3 is 5.97 Å². The predicted octanol–water partition coefficient (Wildman–Crippen LogP) is 2.91. The Kier molecular flexibility index (Phi) is 6.34. The molecular weight excluding hydrogens is 460 g/mol. The number of benzene rings is 2. The molecule has 0 aliphatic carbocycles. The van der Waals surface area contributed by atoms with Crippen LogP contribution in [0.25, 0.3) is 0 Å². The number of para-hydroxylation sites is 1. The van der Waals surface area contributed by atoms with Gasteiger partial charge in [-0.1, -0.05) is 48.5 Å². The largest absolute Gasteiger partial charge is 0.466 e. The van der Waals surface area contributed by atoms with E-state index in [0.717, 1.165) is 11.1 Å². The summed E-state index contributed by atoms with van der Waals surface area (Å²) in [4.78, 5) is 42.6. The summed E-state index contributed by atoms with van der Waals surface area (Å²) < 4.78 is 11.7. The highest BCUT2D eigenvalue weighted by Gasteiger charge is 2.75. The van der Waals surface area contributed by atoms with Gasteiger partial charge in [0.2, 0.25) is 11.8 Å². The molecule has 8 nitrogen and oxygen atoms in total. The highest BCUT2D eigenvalue weighted by molar-refractivity contribution is 6.04. The summed E-state index contributed by atoms with van der Waals surface area (Å²) in [6, 6.07) is 13.1. The zero-order chi connectivity index (χ0) is 25.6. The number of likely N-dealkylation sites (tertiary alicyclic amines) is 1.